The zero-order valence-electron chi connectivity index (χ0n) is 30.5. The van der Waals surface area contributed by atoms with E-state index in [1.807, 2.05) is 77.1 Å². The fraction of sp³-hybridized carbons (Fsp3) is 0.325. The molecular formula is C40H45N9O4. The van der Waals surface area contributed by atoms with E-state index in [1.165, 1.54) is 12.8 Å². The second-order valence-corrected chi connectivity index (χ2v) is 13.7. The predicted octanol–water partition coefficient (Wildman–Crippen LogP) is 5.66. The van der Waals surface area contributed by atoms with Crippen LogP contribution in [0.25, 0.3) is 11.0 Å². The molecule has 2 fully saturated rings. The molecule has 1 aliphatic carbocycles. The number of amides is 2. The Labute approximate surface area is 309 Å². The van der Waals surface area contributed by atoms with Gasteiger partial charge in [-0.2, -0.15) is 5.10 Å². The molecule has 0 unspecified atom stereocenters. The van der Waals surface area contributed by atoms with Crippen LogP contribution in [0.2, 0.25) is 0 Å². The van der Waals surface area contributed by atoms with Crippen molar-refractivity contribution in [3.8, 4) is 17.2 Å². The minimum atomic E-state index is -0.275. The number of ether oxygens (including phenoxy) is 2. The highest BCUT2D eigenvalue weighted by molar-refractivity contribution is 6.04. The lowest BCUT2D eigenvalue weighted by Gasteiger charge is -2.16. The average Bonchev–Trinajstić information content (AvgIpc) is 3.83. The molecule has 13 heteroatoms. The van der Waals surface area contributed by atoms with Gasteiger partial charge in [-0.3, -0.25) is 14.5 Å². The third-order valence-corrected chi connectivity index (χ3v) is 9.60. The summed E-state index contributed by atoms with van der Waals surface area (Å²) in [6, 6.07) is 21.0. The van der Waals surface area contributed by atoms with Crippen molar-refractivity contribution >= 4 is 40.2 Å². The maximum atomic E-state index is 13.0. The van der Waals surface area contributed by atoms with Crippen LogP contribution < -0.4 is 25.0 Å². The van der Waals surface area contributed by atoms with Gasteiger partial charge >= 0.3 is 0 Å². The van der Waals surface area contributed by atoms with Gasteiger partial charge < -0.3 is 29.9 Å². The van der Waals surface area contributed by atoms with Gasteiger partial charge in [-0.25, -0.2) is 14.6 Å². The van der Waals surface area contributed by atoms with Crippen LogP contribution in [0.3, 0.4) is 0 Å². The minimum absolute atomic E-state index is 0.00668. The van der Waals surface area contributed by atoms with Crippen molar-refractivity contribution in [2.24, 2.45) is 0 Å². The number of nitrogens with zero attached hydrogens (tertiary/aromatic N) is 7. The number of anilines is 3. The lowest BCUT2D eigenvalue weighted by molar-refractivity contribution is -0.125. The Morgan fingerprint density at radius 2 is 1.70 bits per heavy atom. The molecule has 0 bridgehead atoms. The zero-order valence-corrected chi connectivity index (χ0v) is 30.5. The van der Waals surface area contributed by atoms with Crippen LogP contribution in [0.1, 0.15) is 35.2 Å². The van der Waals surface area contributed by atoms with Crippen LogP contribution in [0.15, 0.2) is 91.3 Å². The highest BCUT2D eigenvalue weighted by Gasteiger charge is 2.28. The number of nitrogens with one attached hydrogen (secondary N) is 2. The van der Waals surface area contributed by atoms with E-state index in [-0.39, 0.29) is 17.9 Å². The van der Waals surface area contributed by atoms with E-state index in [0.717, 1.165) is 35.4 Å². The van der Waals surface area contributed by atoms with E-state index in [0.29, 0.717) is 60.0 Å². The number of carbonyl (C=O) groups excluding carboxylic acids is 2. The monoisotopic (exact) mass is 715 g/mol. The number of likely N-dealkylation sites (tertiary alicyclic amines) is 1. The number of methoxy groups -OCH3 is 1. The summed E-state index contributed by atoms with van der Waals surface area (Å²) < 4.78 is 13.7. The molecule has 2 N–H and O–H groups in total. The Morgan fingerprint density at radius 3 is 2.43 bits per heavy atom. The first kappa shape index (κ1) is 35.5. The molecule has 3 aromatic heterocycles. The first-order valence-corrected chi connectivity index (χ1v) is 17.9. The summed E-state index contributed by atoms with van der Waals surface area (Å²) in [7, 11) is 7.61. The number of hydrogen-bond acceptors (Lipinski definition) is 10. The van der Waals surface area contributed by atoms with Crippen LogP contribution in [0, 0.1) is 0 Å². The third-order valence-electron chi connectivity index (χ3n) is 9.60. The normalized spacial score (nSPS) is 15.6. The Hall–Kier alpha value is -5.95. The van der Waals surface area contributed by atoms with Gasteiger partial charge in [0.2, 0.25) is 5.91 Å². The van der Waals surface area contributed by atoms with Crippen molar-refractivity contribution in [2.75, 3.05) is 63.4 Å². The molecule has 53 heavy (non-hydrogen) atoms. The first-order chi connectivity index (χ1) is 25.7. The third kappa shape index (κ3) is 8.58. The maximum Gasteiger partial charge on any atom is 0.256 e. The molecule has 13 nitrogen and oxygen atoms in total. The van der Waals surface area contributed by atoms with Gasteiger partial charge in [0.1, 0.15) is 28.5 Å². The molecule has 1 atom stereocenters. The highest BCUT2D eigenvalue weighted by Crippen LogP contribution is 2.35. The average molecular weight is 716 g/mol. The van der Waals surface area contributed by atoms with Crippen molar-refractivity contribution in [2.45, 2.75) is 37.9 Å². The molecule has 274 valence electrons. The summed E-state index contributed by atoms with van der Waals surface area (Å²) in [6.07, 6.45) is 10.3. The van der Waals surface area contributed by atoms with Crippen molar-refractivity contribution < 1.29 is 19.1 Å². The summed E-state index contributed by atoms with van der Waals surface area (Å²) in [4.78, 5) is 41.2. The lowest BCUT2D eigenvalue weighted by Crippen LogP contribution is -2.30. The molecule has 4 heterocycles. The van der Waals surface area contributed by atoms with Gasteiger partial charge in [0.05, 0.1) is 13.7 Å². The number of likely N-dealkylation sites (N-methyl/N-ethyl adjacent to an activating group) is 1. The molecule has 7 rings (SSSR count). The van der Waals surface area contributed by atoms with Gasteiger partial charge in [0, 0.05) is 87.7 Å². The Morgan fingerprint density at radius 1 is 0.943 bits per heavy atom. The summed E-state index contributed by atoms with van der Waals surface area (Å²) in [5, 5.41) is 12.2. The van der Waals surface area contributed by atoms with Crippen molar-refractivity contribution in [3.05, 3.63) is 102 Å². The minimum Gasteiger partial charge on any atom is -0.497 e. The first-order valence-electron chi connectivity index (χ1n) is 17.9. The van der Waals surface area contributed by atoms with Gasteiger partial charge in [-0.1, -0.05) is 18.2 Å². The van der Waals surface area contributed by atoms with Crippen LogP contribution in [-0.2, 0) is 11.3 Å². The second kappa shape index (κ2) is 15.7. The molecule has 1 saturated carbocycles. The SMILES string of the molecule is COc1ccc(Cn2nc(N[C@@H]3CCN(C(=O)/C=C/CN(C)C4CC4)C3)c3c(Oc4ccc(C(=O)Nc5cc(N(C)C)ccn5)cc4)ccnc32)cc1. The molecule has 2 aromatic carbocycles. The van der Waals surface area contributed by atoms with E-state index < -0.39 is 0 Å². The van der Waals surface area contributed by atoms with Crippen LogP contribution in [0.5, 0.6) is 17.2 Å². The van der Waals surface area contributed by atoms with Crippen LogP contribution in [0.4, 0.5) is 17.3 Å². The van der Waals surface area contributed by atoms with E-state index in [9.17, 15) is 9.59 Å². The predicted molar refractivity (Wildman–Crippen MR) is 206 cm³/mol. The number of benzene rings is 2. The summed E-state index contributed by atoms with van der Waals surface area (Å²) in [5.74, 6) is 2.73. The number of fused-ring (bicyclic) bond motifs is 1. The number of pyridine rings is 2. The topological polar surface area (TPSA) is 130 Å². The standard InChI is InChI=1S/C40H45N9O4/c1-46(2)31-17-20-41-35(24-31)44-40(51)28-9-15-33(16-10-28)53-34-18-21-42-39-37(34)38(45-49(39)25-27-7-13-32(52-4)14-8-27)43-29-19-23-48(26-29)36(50)6-5-22-47(3)30-11-12-30/h5-10,13-18,20-21,24,29-30H,11-12,19,22-23,25-26H2,1-4H3,(H,43,45)(H,41,44,51)/b6-5+/t29-/m1/s1. The molecule has 2 aliphatic rings. The fourth-order valence-corrected chi connectivity index (χ4v) is 6.39. The molecule has 5 aromatic rings. The molecule has 2 amide bonds. The van der Waals surface area contributed by atoms with Crippen LogP contribution >= 0.6 is 0 Å². The Kier molecular flexibility index (Phi) is 10.5. The van der Waals surface area contributed by atoms with Crippen molar-refractivity contribution in [1.29, 1.82) is 0 Å². The van der Waals surface area contributed by atoms with Crippen molar-refractivity contribution in [3.63, 3.8) is 0 Å². The number of hydrogen-bond donors (Lipinski definition) is 2. The molecular weight excluding hydrogens is 670 g/mol. The van der Waals surface area contributed by atoms with Gasteiger partial charge in [0.15, 0.2) is 11.5 Å². The fourth-order valence-electron chi connectivity index (χ4n) is 6.39. The highest BCUT2D eigenvalue weighted by atomic mass is 16.5. The smallest absolute Gasteiger partial charge is 0.256 e. The summed E-state index contributed by atoms with van der Waals surface area (Å²) >= 11 is 0. The number of carbonyl (C=O) groups is 2. The molecule has 0 spiro atoms. The van der Waals surface area contributed by atoms with E-state index in [1.54, 1.807) is 49.8 Å². The van der Waals surface area contributed by atoms with Gasteiger partial charge in [-0.05, 0) is 74.3 Å². The van der Waals surface area contributed by atoms with Gasteiger partial charge in [-0.15, -0.1) is 0 Å². The Balaban J connectivity index is 1.09. The number of rotatable bonds is 14. The Bertz CT molecular complexity index is 2090. The molecule has 0 radical (unpaired) electrons. The van der Waals surface area contributed by atoms with Gasteiger partial charge in [0.25, 0.3) is 5.91 Å². The van der Waals surface area contributed by atoms with E-state index in [4.69, 9.17) is 19.6 Å². The van der Waals surface area contributed by atoms with E-state index >= 15 is 0 Å². The molecule has 1 saturated heterocycles. The molecule has 1 aliphatic heterocycles. The second-order valence-electron chi connectivity index (χ2n) is 13.7. The largest absolute Gasteiger partial charge is 0.497 e. The quantitative estimate of drug-likeness (QED) is 0.139. The number of aromatic nitrogens is 4. The zero-order chi connectivity index (χ0) is 36.9. The lowest BCUT2D eigenvalue weighted by atomic mass is 10.2. The maximum absolute atomic E-state index is 13.0. The summed E-state index contributed by atoms with van der Waals surface area (Å²) in [6.45, 7) is 2.47. The summed E-state index contributed by atoms with van der Waals surface area (Å²) in [5.41, 5.74) is 3.08. The van der Waals surface area contributed by atoms with Crippen molar-refractivity contribution in [1.82, 2.24) is 29.5 Å². The van der Waals surface area contributed by atoms with Crippen LogP contribution in [-0.4, -0.2) is 101 Å². The van der Waals surface area contributed by atoms with E-state index in [2.05, 4.69) is 27.6 Å².